The molecule has 0 saturated carbocycles. The zero-order valence-electron chi connectivity index (χ0n) is 14.5. The van der Waals surface area contributed by atoms with Gasteiger partial charge in [0, 0.05) is 47.0 Å². The number of halogens is 2. The van der Waals surface area contributed by atoms with Crippen molar-refractivity contribution in [3.05, 3.63) is 82.4 Å². The van der Waals surface area contributed by atoms with Crippen LogP contribution in [0.1, 0.15) is 23.7 Å². The van der Waals surface area contributed by atoms with Crippen LogP contribution in [-0.2, 0) is 16.6 Å². The Morgan fingerprint density at radius 2 is 2.11 bits per heavy atom. The van der Waals surface area contributed by atoms with Gasteiger partial charge in [-0.15, -0.1) is 0 Å². The van der Waals surface area contributed by atoms with Gasteiger partial charge in [-0.1, -0.05) is 35.9 Å². The topological polar surface area (TPSA) is 44.1 Å². The molecular weight excluding hydrogens is 367 g/mol. The van der Waals surface area contributed by atoms with E-state index in [1.807, 2.05) is 25.4 Å². The van der Waals surface area contributed by atoms with Crippen LogP contribution in [0.25, 0.3) is 17.2 Å². The van der Waals surface area contributed by atoms with Gasteiger partial charge in [0.2, 0.25) is 0 Å². The molecule has 0 N–H and O–H groups in total. The molecule has 1 unspecified atom stereocenters. The molecule has 0 amide bonds. The summed E-state index contributed by atoms with van der Waals surface area (Å²) in [5.74, 6) is -0.806. The molecule has 4 rings (SSSR count). The van der Waals surface area contributed by atoms with Crippen molar-refractivity contribution >= 4 is 23.6 Å². The summed E-state index contributed by atoms with van der Waals surface area (Å²) in [5, 5.41) is 4.79. The largest absolute Gasteiger partial charge is 0.454 e. The highest BCUT2D eigenvalue weighted by Gasteiger charge is 2.32. The molecule has 1 aromatic heterocycles. The van der Waals surface area contributed by atoms with Gasteiger partial charge < -0.3 is 4.74 Å². The van der Waals surface area contributed by atoms with Crippen LogP contribution in [0.3, 0.4) is 0 Å². The minimum Gasteiger partial charge on any atom is -0.454 e. The number of rotatable bonds is 3. The summed E-state index contributed by atoms with van der Waals surface area (Å²) in [6.07, 6.45) is 5.08. The van der Waals surface area contributed by atoms with E-state index in [-0.39, 0.29) is 5.82 Å². The van der Waals surface area contributed by atoms with E-state index in [1.54, 1.807) is 41.2 Å². The number of esters is 1. The third-order valence-electron chi connectivity index (χ3n) is 4.53. The molecule has 1 atom stereocenters. The number of cyclic esters (lactones) is 1. The number of aryl methyl sites for hydroxylation is 1. The monoisotopic (exact) mass is 382 g/mol. The van der Waals surface area contributed by atoms with Crippen molar-refractivity contribution in [2.75, 3.05) is 0 Å². The SMILES string of the molecule is Cn1cc(-c2cc(Cl)ccc2C2CC(=Cc3ccccc3F)C(=O)O2)cn1. The zero-order chi connectivity index (χ0) is 19.0. The van der Waals surface area contributed by atoms with Gasteiger partial charge in [-0.25, -0.2) is 9.18 Å². The molecule has 6 heteroatoms. The van der Waals surface area contributed by atoms with E-state index < -0.39 is 12.1 Å². The first-order valence-corrected chi connectivity index (χ1v) is 8.83. The fourth-order valence-corrected chi connectivity index (χ4v) is 3.39. The van der Waals surface area contributed by atoms with Crippen LogP contribution in [0.4, 0.5) is 4.39 Å². The van der Waals surface area contributed by atoms with Crippen molar-refractivity contribution in [2.45, 2.75) is 12.5 Å². The lowest BCUT2D eigenvalue weighted by molar-refractivity contribution is -0.139. The van der Waals surface area contributed by atoms with Gasteiger partial charge in [0.15, 0.2) is 0 Å². The van der Waals surface area contributed by atoms with E-state index in [4.69, 9.17) is 16.3 Å². The minimum absolute atomic E-state index is 0.363. The number of benzene rings is 2. The van der Waals surface area contributed by atoms with Crippen LogP contribution in [0.15, 0.2) is 60.4 Å². The predicted octanol–water partition coefficient (Wildman–Crippen LogP) is 4.95. The predicted molar refractivity (Wildman–Crippen MR) is 101 cm³/mol. The third-order valence-corrected chi connectivity index (χ3v) is 4.76. The lowest BCUT2D eigenvalue weighted by Gasteiger charge is -2.14. The van der Waals surface area contributed by atoms with E-state index in [9.17, 15) is 9.18 Å². The van der Waals surface area contributed by atoms with Gasteiger partial charge in [-0.3, -0.25) is 4.68 Å². The standard InChI is InChI=1S/C21H16ClFN2O2/c1-25-12-15(11-24-25)18-10-16(22)6-7-17(18)20-9-14(21(26)27-20)8-13-4-2-3-5-19(13)23/h2-8,10-12,20H,9H2,1H3. The van der Waals surface area contributed by atoms with E-state index in [2.05, 4.69) is 5.10 Å². The van der Waals surface area contributed by atoms with Gasteiger partial charge >= 0.3 is 5.97 Å². The lowest BCUT2D eigenvalue weighted by atomic mass is 9.95. The molecule has 3 aromatic rings. The smallest absolute Gasteiger partial charge is 0.334 e. The van der Waals surface area contributed by atoms with Gasteiger partial charge in [0.25, 0.3) is 0 Å². The summed E-state index contributed by atoms with van der Waals surface area (Å²) in [4.78, 5) is 12.3. The molecular formula is C21H16ClFN2O2. The molecule has 136 valence electrons. The van der Waals surface area contributed by atoms with Crippen LogP contribution in [0.2, 0.25) is 5.02 Å². The number of hydrogen-bond donors (Lipinski definition) is 0. The van der Waals surface area contributed by atoms with E-state index >= 15 is 0 Å². The molecule has 0 aliphatic carbocycles. The molecule has 1 saturated heterocycles. The fraction of sp³-hybridized carbons (Fsp3) is 0.143. The molecule has 2 aromatic carbocycles. The summed E-state index contributed by atoms with van der Waals surface area (Å²) in [6, 6.07) is 11.8. The average molecular weight is 383 g/mol. The lowest BCUT2D eigenvalue weighted by Crippen LogP contribution is -2.01. The summed E-state index contributed by atoms with van der Waals surface area (Å²) >= 11 is 6.17. The molecule has 0 spiro atoms. The van der Waals surface area contributed by atoms with Crippen LogP contribution < -0.4 is 0 Å². The number of hydrogen-bond acceptors (Lipinski definition) is 3. The first-order chi connectivity index (χ1) is 13.0. The minimum atomic E-state index is -0.456. The molecule has 27 heavy (non-hydrogen) atoms. The maximum absolute atomic E-state index is 13.9. The Labute approximate surface area is 160 Å². The van der Waals surface area contributed by atoms with Crippen molar-refractivity contribution in [3.63, 3.8) is 0 Å². The van der Waals surface area contributed by atoms with Gasteiger partial charge in [0.1, 0.15) is 11.9 Å². The Hall–Kier alpha value is -2.92. The maximum atomic E-state index is 13.9. The molecule has 0 radical (unpaired) electrons. The fourth-order valence-electron chi connectivity index (χ4n) is 3.22. The van der Waals surface area contributed by atoms with Crippen molar-refractivity contribution in [3.8, 4) is 11.1 Å². The number of carbonyl (C=O) groups excluding carboxylic acids is 1. The van der Waals surface area contributed by atoms with Crippen LogP contribution in [0, 0.1) is 5.82 Å². The van der Waals surface area contributed by atoms with Gasteiger partial charge in [-0.2, -0.15) is 5.10 Å². The first-order valence-electron chi connectivity index (χ1n) is 8.46. The van der Waals surface area contributed by atoms with E-state index in [0.29, 0.717) is 22.6 Å². The van der Waals surface area contributed by atoms with Crippen LogP contribution in [-0.4, -0.2) is 15.7 Å². The van der Waals surface area contributed by atoms with E-state index in [0.717, 1.165) is 16.7 Å². The van der Waals surface area contributed by atoms with Crippen LogP contribution >= 0.6 is 11.6 Å². The number of aromatic nitrogens is 2. The Kier molecular flexibility index (Phi) is 4.54. The number of carbonyl (C=O) groups is 1. The molecule has 1 aliphatic heterocycles. The van der Waals surface area contributed by atoms with Crippen molar-refractivity contribution in [2.24, 2.45) is 7.05 Å². The maximum Gasteiger partial charge on any atom is 0.334 e. The highest BCUT2D eigenvalue weighted by molar-refractivity contribution is 6.30. The highest BCUT2D eigenvalue weighted by atomic mass is 35.5. The Bertz CT molecular complexity index is 1060. The van der Waals surface area contributed by atoms with Crippen molar-refractivity contribution < 1.29 is 13.9 Å². The normalized spacial score (nSPS) is 18.1. The van der Waals surface area contributed by atoms with Crippen molar-refractivity contribution in [1.29, 1.82) is 0 Å². The Morgan fingerprint density at radius 1 is 1.30 bits per heavy atom. The Morgan fingerprint density at radius 3 is 2.85 bits per heavy atom. The second-order valence-corrected chi connectivity index (χ2v) is 6.86. The molecule has 4 nitrogen and oxygen atoms in total. The van der Waals surface area contributed by atoms with E-state index in [1.165, 1.54) is 6.07 Å². The first kappa shape index (κ1) is 17.5. The average Bonchev–Trinajstić information content (AvgIpc) is 3.23. The summed E-state index contributed by atoms with van der Waals surface area (Å²) < 4.78 is 21.2. The molecule has 1 aliphatic rings. The second-order valence-electron chi connectivity index (χ2n) is 6.42. The molecule has 1 fully saturated rings. The number of nitrogens with zero attached hydrogens (tertiary/aromatic N) is 2. The summed E-state index contributed by atoms with van der Waals surface area (Å²) in [7, 11) is 1.83. The van der Waals surface area contributed by atoms with Crippen molar-refractivity contribution in [1.82, 2.24) is 9.78 Å². The highest BCUT2D eigenvalue weighted by Crippen LogP contribution is 2.40. The quantitative estimate of drug-likeness (QED) is 0.475. The van der Waals surface area contributed by atoms with Gasteiger partial charge in [0.05, 0.1) is 6.20 Å². The van der Waals surface area contributed by atoms with Gasteiger partial charge in [-0.05, 0) is 29.8 Å². The third kappa shape index (κ3) is 3.51. The van der Waals surface area contributed by atoms with Crippen LogP contribution in [0.5, 0.6) is 0 Å². The Balaban J connectivity index is 1.70. The summed E-state index contributed by atoms with van der Waals surface area (Å²) in [6.45, 7) is 0. The second kappa shape index (κ2) is 7.00. The molecule has 2 heterocycles. The zero-order valence-corrected chi connectivity index (χ0v) is 15.3. The molecule has 0 bridgehead atoms. The summed E-state index contributed by atoms with van der Waals surface area (Å²) in [5.41, 5.74) is 3.40. The number of ether oxygens (including phenoxy) is 1.